The first kappa shape index (κ1) is 15.0. The second-order valence-electron chi connectivity index (χ2n) is 4.15. The molecule has 4 heteroatoms. The van der Waals surface area contributed by atoms with Crippen molar-refractivity contribution >= 4 is 23.2 Å². The molecule has 0 unspecified atom stereocenters. The fourth-order valence-electron chi connectivity index (χ4n) is 1.76. The van der Waals surface area contributed by atoms with Gasteiger partial charge in [0.1, 0.15) is 0 Å². The predicted octanol–water partition coefficient (Wildman–Crippen LogP) is 3.10. The van der Waals surface area contributed by atoms with Crippen molar-refractivity contribution in [1.82, 2.24) is 4.90 Å². The summed E-state index contributed by atoms with van der Waals surface area (Å²) in [6.45, 7) is 7.26. The van der Waals surface area contributed by atoms with Crippen molar-refractivity contribution in [3.63, 3.8) is 0 Å². The molecule has 1 rings (SSSR count). The largest absolute Gasteiger partial charge is 0.326 e. The van der Waals surface area contributed by atoms with E-state index < -0.39 is 0 Å². The highest BCUT2D eigenvalue weighted by Gasteiger charge is 2.04. The number of nitrogens with zero attached hydrogens (tertiary/aromatic N) is 1. The van der Waals surface area contributed by atoms with Crippen LogP contribution in [0.2, 0.25) is 0 Å². The summed E-state index contributed by atoms with van der Waals surface area (Å²) in [5.41, 5.74) is 2.05. The van der Waals surface area contributed by atoms with Gasteiger partial charge in [-0.3, -0.25) is 9.69 Å². The summed E-state index contributed by atoms with van der Waals surface area (Å²) in [6.07, 6.45) is 0.349. The van der Waals surface area contributed by atoms with Gasteiger partial charge < -0.3 is 5.32 Å². The maximum absolute atomic E-state index is 11.5. The zero-order chi connectivity index (χ0) is 13.4. The zero-order valence-corrected chi connectivity index (χ0v) is 11.8. The maximum atomic E-state index is 11.5. The van der Waals surface area contributed by atoms with E-state index in [2.05, 4.69) is 30.1 Å². The average Bonchev–Trinajstić information content (AvgIpc) is 2.36. The summed E-state index contributed by atoms with van der Waals surface area (Å²) < 4.78 is 0. The van der Waals surface area contributed by atoms with Crippen LogP contribution in [0.25, 0.3) is 0 Å². The number of rotatable bonds is 7. The molecule has 3 nitrogen and oxygen atoms in total. The van der Waals surface area contributed by atoms with Gasteiger partial charge in [0.2, 0.25) is 5.91 Å². The normalized spacial score (nSPS) is 10.7. The van der Waals surface area contributed by atoms with Crippen LogP contribution >= 0.6 is 11.6 Å². The molecule has 100 valence electrons. The number of anilines is 1. The highest BCUT2D eigenvalue weighted by Crippen LogP contribution is 2.13. The number of carbonyl (C=O) groups excluding carboxylic acids is 1. The first-order chi connectivity index (χ1) is 8.69. The van der Waals surface area contributed by atoms with Crippen molar-refractivity contribution < 1.29 is 4.79 Å². The zero-order valence-electron chi connectivity index (χ0n) is 11.1. The van der Waals surface area contributed by atoms with Gasteiger partial charge in [0.05, 0.1) is 0 Å². The predicted molar refractivity (Wildman–Crippen MR) is 77.0 cm³/mol. The number of amides is 1. The number of carbonyl (C=O) groups is 1. The van der Waals surface area contributed by atoms with E-state index in [-0.39, 0.29) is 5.91 Å². The molecule has 0 aliphatic rings. The van der Waals surface area contributed by atoms with Crippen molar-refractivity contribution in [1.29, 1.82) is 0 Å². The summed E-state index contributed by atoms with van der Waals surface area (Å²) in [5, 5.41) is 2.85. The Labute approximate surface area is 114 Å². The first-order valence-electron chi connectivity index (χ1n) is 6.36. The van der Waals surface area contributed by atoms with Crippen molar-refractivity contribution in [3.8, 4) is 0 Å². The van der Waals surface area contributed by atoms with E-state index in [1.54, 1.807) is 0 Å². The van der Waals surface area contributed by atoms with Gasteiger partial charge in [-0.2, -0.15) is 0 Å². The van der Waals surface area contributed by atoms with Gasteiger partial charge >= 0.3 is 0 Å². The van der Waals surface area contributed by atoms with Crippen LogP contribution in [0.15, 0.2) is 24.3 Å². The molecule has 0 heterocycles. The third-order valence-electron chi connectivity index (χ3n) is 2.83. The second-order valence-corrected chi connectivity index (χ2v) is 4.53. The lowest BCUT2D eigenvalue weighted by Gasteiger charge is -2.18. The minimum absolute atomic E-state index is 0.0370. The van der Waals surface area contributed by atoms with Crippen LogP contribution in [-0.4, -0.2) is 29.8 Å². The van der Waals surface area contributed by atoms with E-state index in [1.807, 2.05) is 18.2 Å². The number of nitrogens with one attached hydrogen (secondary N) is 1. The number of hydrogen-bond donors (Lipinski definition) is 1. The van der Waals surface area contributed by atoms with Crippen LogP contribution in [0.5, 0.6) is 0 Å². The third-order valence-corrected chi connectivity index (χ3v) is 3.02. The molecule has 0 atom stereocenters. The molecule has 0 bridgehead atoms. The molecule has 0 aromatic heterocycles. The topological polar surface area (TPSA) is 32.3 Å². The lowest BCUT2D eigenvalue weighted by molar-refractivity contribution is -0.115. The highest BCUT2D eigenvalue weighted by molar-refractivity contribution is 6.19. The molecule has 1 N–H and O–H groups in total. The van der Waals surface area contributed by atoms with Crippen LogP contribution in [0.1, 0.15) is 25.8 Å². The first-order valence-corrected chi connectivity index (χ1v) is 6.90. The van der Waals surface area contributed by atoms with Gasteiger partial charge in [0.25, 0.3) is 0 Å². The van der Waals surface area contributed by atoms with Crippen molar-refractivity contribution in [2.24, 2.45) is 0 Å². The van der Waals surface area contributed by atoms with E-state index in [0.717, 1.165) is 25.3 Å². The summed E-state index contributed by atoms with van der Waals surface area (Å²) in [7, 11) is 0. The monoisotopic (exact) mass is 268 g/mol. The Morgan fingerprint density at radius 1 is 1.33 bits per heavy atom. The van der Waals surface area contributed by atoms with Crippen LogP contribution < -0.4 is 5.32 Å². The maximum Gasteiger partial charge on any atom is 0.225 e. The minimum Gasteiger partial charge on any atom is -0.326 e. The summed E-state index contributed by atoms with van der Waals surface area (Å²) in [6, 6.07) is 7.97. The van der Waals surface area contributed by atoms with Gasteiger partial charge in [-0.1, -0.05) is 26.0 Å². The van der Waals surface area contributed by atoms with Gasteiger partial charge in [0, 0.05) is 24.5 Å². The molecular weight excluding hydrogens is 248 g/mol. The molecule has 1 aromatic rings. The molecule has 0 spiro atoms. The lowest BCUT2D eigenvalue weighted by Crippen LogP contribution is -2.22. The van der Waals surface area contributed by atoms with E-state index in [1.165, 1.54) is 5.56 Å². The van der Waals surface area contributed by atoms with E-state index in [4.69, 9.17) is 11.6 Å². The molecule has 1 amide bonds. The Morgan fingerprint density at radius 2 is 2.06 bits per heavy atom. The summed E-state index contributed by atoms with van der Waals surface area (Å²) in [4.78, 5) is 13.8. The molecule has 1 aromatic carbocycles. The number of halogens is 1. The van der Waals surface area contributed by atoms with E-state index >= 15 is 0 Å². The highest BCUT2D eigenvalue weighted by atomic mass is 35.5. The fourth-order valence-corrected chi connectivity index (χ4v) is 1.93. The van der Waals surface area contributed by atoms with Gasteiger partial charge in [0.15, 0.2) is 0 Å². The fraction of sp³-hybridized carbons (Fsp3) is 0.500. The quantitative estimate of drug-likeness (QED) is 0.771. The molecular formula is C14H21ClN2O. The molecule has 0 saturated heterocycles. The molecule has 0 aliphatic carbocycles. The Kier molecular flexibility index (Phi) is 6.76. The Morgan fingerprint density at radius 3 is 2.67 bits per heavy atom. The smallest absolute Gasteiger partial charge is 0.225 e. The Hall–Kier alpha value is -1.06. The molecule has 0 radical (unpaired) electrons. The summed E-state index contributed by atoms with van der Waals surface area (Å²) in [5.74, 6) is 0.315. The molecule has 0 aliphatic heterocycles. The number of benzene rings is 1. The lowest BCUT2D eigenvalue weighted by atomic mass is 10.2. The SMILES string of the molecule is CCN(CC)Cc1cccc(NC(=O)CCCl)c1. The molecule has 0 fully saturated rings. The van der Waals surface area contributed by atoms with Crippen molar-refractivity contribution in [2.75, 3.05) is 24.3 Å². The van der Waals surface area contributed by atoms with Gasteiger partial charge in [-0.15, -0.1) is 11.6 Å². The third kappa shape index (κ3) is 5.07. The molecule has 0 saturated carbocycles. The molecule has 18 heavy (non-hydrogen) atoms. The number of hydrogen-bond acceptors (Lipinski definition) is 2. The minimum atomic E-state index is -0.0370. The van der Waals surface area contributed by atoms with Crippen molar-refractivity contribution in [2.45, 2.75) is 26.8 Å². The van der Waals surface area contributed by atoms with Gasteiger partial charge in [-0.05, 0) is 30.8 Å². The van der Waals surface area contributed by atoms with Crippen LogP contribution in [0.3, 0.4) is 0 Å². The van der Waals surface area contributed by atoms with Crippen LogP contribution in [-0.2, 0) is 11.3 Å². The van der Waals surface area contributed by atoms with Crippen LogP contribution in [0, 0.1) is 0 Å². The van der Waals surface area contributed by atoms with Gasteiger partial charge in [-0.25, -0.2) is 0 Å². The number of alkyl halides is 1. The standard InChI is InChI=1S/C14H21ClN2O/c1-3-17(4-2)11-12-6-5-7-13(10-12)16-14(18)8-9-15/h5-7,10H,3-4,8-9,11H2,1-2H3,(H,16,18). The summed E-state index contributed by atoms with van der Waals surface area (Å²) >= 11 is 5.53. The Balaban J connectivity index is 2.64. The average molecular weight is 269 g/mol. The van der Waals surface area contributed by atoms with E-state index in [9.17, 15) is 4.79 Å². The Bertz CT molecular complexity index is 378. The van der Waals surface area contributed by atoms with Crippen molar-refractivity contribution in [3.05, 3.63) is 29.8 Å². The van der Waals surface area contributed by atoms with Crippen LogP contribution in [0.4, 0.5) is 5.69 Å². The van der Waals surface area contributed by atoms with E-state index in [0.29, 0.717) is 12.3 Å². The second kappa shape index (κ2) is 8.11.